The first-order valence-corrected chi connectivity index (χ1v) is 6.19. The molecule has 0 aromatic heterocycles. The first kappa shape index (κ1) is 10.2. The van der Waals surface area contributed by atoms with E-state index in [0.717, 1.165) is 30.7 Å². The lowest BCUT2D eigenvalue weighted by Crippen LogP contribution is -2.38. The van der Waals surface area contributed by atoms with E-state index in [1.54, 1.807) is 0 Å². The van der Waals surface area contributed by atoms with Gasteiger partial charge in [-0.05, 0) is 50.0 Å². The van der Waals surface area contributed by atoms with Crippen molar-refractivity contribution >= 4 is 0 Å². The molecule has 1 nitrogen and oxygen atoms in total. The van der Waals surface area contributed by atoms with E-state index in [1.807, 2.05) is 0 Å². The molecule has 0 heterocycles. The van der Waals surface area contributed by atoms with Gasteiger partial charge in [-0.2, -0.15) is 0 Å². The first-order chi connectivity index (χ1) is 6.85. The molecule has 4 unspecified atom stereocenters. The minimum atomic E-state index is 0.716. The highest BCUT2D eigenvalue weighted by molar-refractivity contribution is 4.96. The standard InChI is InChI=1S/C13H23N/c1-3-5-13(14-4-2)12-9-10-6-7-11(12)8-10/h3,10-14H,1,4-9H2,2H3. The van der Waals surface area contributed by atoms with Crippen molar-refractivity contribution in [1.82, 2.24) is 5.32 Å². The molecule has 2 saturated carbocycles. The van der Waals surface area contributed by atoms with Gasteiger partial charge in [-0.15, -0.1) is 6.58 Å². The molecule has 2 bridgehead atoms. The van der Waals surface area contributed by atoms with Crippen LogP contribution in [0.15, 0.2) is 12.7 Å². The Morgan fingerprint density at radius 3 is 2.79 bits per heavy atom. The number of nitrogens with one attached hydrogen (secondary N) is 1. The molecule has 0 amide bonds. The largest absolute Gasteiger partial charge is 0.314 e. The lowest BCUT2D eigenvalue weighted by molar-refractivity contribution is 0.251. The van der Waals surface area contributed by atoms with Crippen LogP contribution in [-0.4, -0.2) is 12.6 Å². The second-order valence-corrected chi connectivity index (χ2v) is 5.03. The van der Waals surface area contributed by atoms with E-state index in [2.05, 4.69) is 24.9 Å². The van der Waals surface area contributed by atoms with Gasteiger partial charge in [0.2, 0.25) is 0 Å². The second-order valence-electron chi connectivity index (χ2n) is 5.03. The Hall–Kier alpha value is -0.300. The molecule has 1 N–H and O–H groups in total. The molecule has 0 spiro atoms. The molecule has 2 fully saturated rings. The second kappa shape index (κ2) is 4.48. The van der Waals surface area contributed by atoms with Crippen LogP contribution in [0.5, 0.6) is 0 Å². The molecule has 2 aliphatic carbocycles. The molecule has 80 valence electrons. The van der Waals surface area contributed by atoms with E-state index in [1.165, 1.54) is 25.7 Å². The highest BCUT2D eigenvalue weighted by Gasteiger charge is 2.42. The number of hydrogen-bond acceptors (Lipinski definition) is 1. The summed E-state index contributed by atoms with van der Waals surface area (Å²) in [5.74, 6) is 3.05. The van der Waals surface area contributed by atoms with Gasteiger partial charge in [0.1, 0.15) is 0 Å². The maximum atomic E-state index is 3.88. The van der Waals surface area contributed by atoms with Crippen LogP contribution in [0.1, 0.15) is 39.0 Å². The van der Waals surface area contributed by atoms with Crippen molar-refractivity contribution < 1.29 is 0 Å². The number of fused-ring (bicyclic) bond motifs is 2. The summed E-state index contributed by atoms with van der Waals surface area (Å²) in [5, 5.41) is 3.64. The average Bonchev–Trinajstić information content (AvgIpc) is 2.78. The van der Waals surface area contributed by atoms with Crippen LogP contribution < -0.4 is 5.32 Å². The van der Waals surface area contributed by atoms with Gasteiger partial charge in [0.05, 0.1) is 0 Å². The summed E-state index contributed by atoms with van der Waals surface area (Å²) in [6, 6.07) is 0.716. The quantitative estimate of drug-likeness (QED) is 0.662. The zero-order valence-corrected chi connectivity index (χ0v) is 9.34. The van der Waals surface area contributed by atoms with Crippen LogP contribution in [0.2, 0.25) is 0 Å². The fourth-order valence-corrected chi connectivity index (χ4v) is 3.64. The minimum absolute atomic E-state index is 0.716. The lowest BCUT2D eigenvalue weighted by atomic mass is 9.82. The van der Waals surface area contributed by atoms with Gasteiger partial charge in [-0.1, -0.05) is 19.4 Å². The molecule has 4 atom stereocenters. The van der Waals surface area contributed by atoms with Gasteiger partial charge in [-0.3, -0.25) is 0 Å². The zero-order valence-electron chi connectivity index (χ0n) is 9.34. The molecule has 0 radical (unpaired) electrons. The summed E-state index contributed by atoms with van der Waals surface area (Å²) in [5.41, 5.74) is 0. The first-order valence-electron chi connectivity index (χ1n) is 6.19. The maximum absolute atomic E-state index is 3.88. The molecule has 14 heavy (non-hydrogen) atoms. The minimum Gasteiger partial charge on any atom is -0.314 e. The maximum Gasteiger partial charge on any atom is 0.0132 e. The Bertz CT molecular complexity index is 199. The average molecular weight is 193 g/mol. The van der Waals surface area contributed by atoms with Crippen molar-refractivity contribution in [2.45, 2.75) is 45.1 Å². The summed E-state index contributed by atoms with van der Waals surface area (Å²) in [6.07, 6.45) is 9.24. The monoisotopic (exact) mass is 193 g/mol. The number of rotatable bonds is 5. The Morgan fingerprint density at radius 1 is 1.43 bits per heavy atom. The molecular formula is C13H23N. The van der Waals surface area contributed by atoms with Crippen molar-refractivity contribution in [2.75, 3.05) is 6.54 Å². The Balaban J connectivity index is 1.93. The smallest absolute Gasteiger partial charge is 0.0132 e. The Labute approximate surface area is 88.0 Å². The SMILES string of the molecule is C=CCC(NCC)C1CC2CCC1C2. The molecular weight excluding hydrogens is 170 g/mol. The molecule has 2 aliphatic rings. The van der Waals surface area contributed by atoms with E-state index in [0.29, 0.717) is 6.04 Å². The van der Waals surface area contributed by atoms with Crippen molar-refractivity contribution in [3.8, 4) is 0 Å². The van der Waals surface area contributed by atoms with Crippen LogP contribution in [0.3, 0.4) is 0 Å². The van der Waals surface area contributed by atoms with E-state index < -0.39 is 0 Å². The highest BCUT2D eigenvalue weighted by atomic mass is 14.9. The zero-order chi connectivity index (χ0) is 9.97. The van der Waals surface area contributed by atoms with Crippen molar-refractivity contribution in [1.29, 1.82) is 0 Å². The van der Waals surface area contributed by atoms with E-state index in [9.17, 15) is 0 Å². The lowest BCUT2D eigenvalue weighted by Gasteiger charge is -2.30. The van der Waals surface area contributed by atoms with Crippen LogP contribution in [0.4, 0.5) is 0 Å². The fraction of sp³-hybridized carbons (Fsp3) is 0.846. The summed E-state index contributed by atoms with van der Waals surface area (Å²) in [7, 11) is 0. The molecule has 2 rings (SSSR count). The molecule has 0 aromatic rings. The predicted molar refractivity (Wildman–Crippen MR) is 61.2 cm³/mol. The third-order valence-corrected chi connectivity index (χ3v) is 4.20. The van der Waals surface area contributed by atoms with Gasteiger partial charge in [-0.25, -0.2) is 0 Å². The van der Waals surface area contributed by atoms with Crippen molar-refractivity contribution in [3.05, 3.63) is 12.7 Å². The van der Waals surface area contributed by atoms with Crippen LogP contribution in [0, 0.1) is 17.8 Å². The molecule has 0 aliphatic heterocycles. The topological polar surface area (TPSA) is 12.0 Å². The van der Waals surface area contributed by atoms with Gasteiger partial charge in [0.15, 0.2) is 0 Å². The van der Waals surface area contributed by atoms with Gasteiger partial charge in [0, 0.05) is 6.04 Å². The highest BCUT2D eigenvalue weighted by Crippen LogP contribution is 2.49. The predicted octanol–water partition coefficient (Wildman–Crippen LogP) is 2.98. The Morgan fingerprint density at radius 2 is 2.29 bits per heavy atom. The normalized spacial score (nSPS) is 37.4. The van der Waals surface area contributed by atoms with Gasteiger partial charge < -0.3 is 5.32 Å². The summed E-state index contributed by atoms with van der Waals surface area (Å²) in [4.78, 5) is 0. The summed E-state index contributed by atoms with van der Waals surface area (Å²) in [6.45, 7) is 7.19. The van der Waals surface area contributed by atoms with E-state index >= 15 is 0 Å². The third-order valence-electron chi connectivity index (χ3n) is 4.20. The molecule has 0 saturated heterocycles. The Kier molecular flexibility index (Phi) is 3.27. The van der Waals surface area contributed by atoms with Gasteiger partial charge in [0.25, 0.3) is 0 Å². The van der Waals surface area contributed by atoms with Crippen molar-refractivity contribution in [3.63, 3.8) is 0 Å². The molecule has 0 aromatic carbocycles. The molecule has 1 heteroatoms. The number of hydrogen-bond donors (Lipinski definition) is 1. The van der Waals surface area contributed by atoms with Crippen LogP contribution in [0.25, 0.3) is 0 Å². The van der Waals surface area contributed by atoms with Crippen LogP contribution in [-0.2, 0) is 0 Å². The van der Waals surface area contributed by atoms with Gasteiger partial charge >= 0.3 is 0 Å². The van der Waals surface area contributed by atoms with Crippen molar-refractivity contribution in [2.24, 2.45) is 17.8 Å². The fourth-order valence-electron chi connectivity index (χ4n) is 3.64. The summed E-state index contributed by atoms with van der Waals surface area (Å²) >= 11 is 0. The van der Waals surface area contributed by atoms with Crippen LogP contribution >= 0.6 is 0 Å². The van der Waals surface area contributed by atoms with E-state index in [-0.39, 0.29) is 0 Å². The van der Waals surface area contributed by atoms with E-state index in [4.69, 9.17) is 0 Å². The summed E-state index contributed by atoms with van der Waals surface area (Å²) < 4.78 is 0. The third kappa shape index (κ3) is 1.88.